The van der Waals surface area contributed by atoms with E-state index in [0.29, 0.717) is 59.3 Å². The van der Waals surface area contributed by atoms with Crippen molar-refractivity contribution in [3.05, 3.63) is 103 Å². The van der Waals surface area contributed by atoms with E-state index in [1.165, 1.54) is 24.2 Å². The summed E-state index contributed by atoms with van der Waals surface area (Å²) in [5.74, 6) is 0.465. The molecule has 2 aromatic carbocycles. The van der Waals surface area contributed by atoms with Crippen molar-refractivity contribution in [3.63, 3.8) is 0 Å². The first-order chi connectivity index (χ1) is 20.2. The number of H-pyrrole nitrogens is 3. The molecule has 12 nitrogen and oxygen atoms in total. The van der Waals surface area contributed by atoms with Crippen LogP contribution in [-0.2, 0) is 5.72 Å². The Morgan fingerprint density at radius 3 is 2.38 bits per heavy atom. The molecule has 1 aliphatic heterocycles. The van der Waals surface area contributed by atoms with Crippen LogP contribution in [0.3, 0.4) is 0 Å². The number of rotatable bonds is 5. The minimum absolute atomic E-state index is 0.0657. The number of thioether (sulfide) groups is 2. The number of aromatic amines is 3. The van der Waals surface area contributed by atoms with Gasteiger partial charge in [-0.1, -0.05) is 58.9 Å². The van der Waals surface area contributed by atoms with Gasteiger partial charge in [-0.3, -0.25) is 29.1 Å². The van der Waals surface area contributed by atoms with E-state index >= 15 is 0 Å². The largest absolute Gasteiger partial charge is 0.366 e. The van der Waals surface area contributed by atoms with Crippen molar-refractivity contribution in [1.82, 2.24) is 39.9 Å². The molecule has 0 spiro atoms. The van der Waals surface area contributed by atoms with E-state index in [2.05, 4.69) is 35.3 Å². The number of Topliss-reactive ketones (excluding diaryl/α,β-unsaturated/α-hetero) is 1. The third kappa shape index (κ3) is 5.34. The predicted molar refractivity (Wildman–Crippen MR) is 161 cm³/mol. The van der Waals surface area contributed by atoms with Gasteiger partial charge in [0.25, 0.3) is 11.1 Å². The molecule has 5 heterocycles. The average molecular weight is 642 g/mol. The number of halogens is 2. The second-order valence-electron chi connectivity index (χ2n) is 9.00. The van der Waals surface area contributed by atoms with Gasteiger partial charge in [0.05, 0.1) is 23.9 Å². The number of carbonyl (C=O) groups excluding carboxylic acids is 1. The molecule has 16 heteroatoms. The fourth-order valence-electron chi connectivity index (χ4n) is 4.24. The van der Waals surface area contributed by atoms with Gasteiger partial charge in [-0.25, -0.2) is 4.98 Å². The second-order valence-corrected chi connectivity index (χ2v) is 11.8. The summed E-state index contributed by atoms with van der Waals surface area (Å²) >= 11 is 14.2. The molecule has 42 heavy (non-hydrogen) atoms. The molecule has 0 radical (unpaired) electrons. The van der Waals surface area contributed by atoms with Crippen LogP contribution in [0.5, 0.6) is 0 Å². The number of ketones is 1. The van der Waals surface area contributed by atoms with E-state index in [9.17, 15) is 19.5 Å². The molecule has 0 amide bonds. The summed E-state index contributed by atoms with van der Waals surface area (Å²) in [6, 6.07) is 13.6. The first-order valence-corrected chi connectivity index (χ1v) is 14.9. The molecule has 0 aliphatic carbocycles. The first kappa shape index (κ1) is 28.2. The Kier molecular flexibility index (Phi) is 7.64. The summed E-state index contributed by atoms with van der Waals surface area (Å²) < 4.78 is 1.62. The molecule has 0 saturated heterocycles. The lowest BCUT2D eigenvalue weighted by Gasteiger charge is -2.26. The molecule has 0 saturated carbocycles. The number of fused-ring (bicyclic) bond motifs is 4. The summed E-state index contributed by atoms with van der Waals surface area (Å²) in [6.45, 7) is 0. The molecule has 6 aromatic rings. The van der Waals surface area contributed by atoms with Gasteiger partial charge in [-0.05, 0) is 36.4 Å². The van der Waals surface area contributed by atoms with E-state index in [-0.39, 0.29) is 22.7 Å². The van der Waals surface area contributed by atoms with Crippen molar-refractivity contribution < 1.29 is 9.90 Å². The number of hydrogen-bond acceptors (Lipinski definition) is 10. The van der Waals surface area contributed by atoms with Crippen LogP contribution in [0.1, 0.15) is 15.9 Å². The highest BCUT2D eigenvalue weighted by Gasteiger charge is 2.41. The second kappa shape index (κ2) is 11.4. The number of aliphatic hydroxyl groups is 1. The van der Waals surface area contributed by atoms with E-state index < -0.39 is 5.72 Å². The van der Waals surface area contributed by atoms with Crippen molar-refractivity contribution in [1.29, 1.82) is 0 Å². The Balaban J connectivity index is 0.000000150. The number of benzene rings is 2. The zero-order valence-electron chi connectivity index (χ0n) is 21.2. The minimum atomic E-state index is -1.30. The molecular weight excluding hydrogens is 623 g/mol. The summed E-state index contributed by atoms with van der Waals surface area (Å²) in [7, 11) is 0. The van der Waals surface area contributed by atoms with Crippen LogP contribution in [0.2, 0.25) is 10.0 Å². The van der Waals surface area contributed by atoms with Crippen molar-refractivity contribution in [2.45, 2.75) is 16.0 Å². The van der Waals surface area contributed by atoms with E-state index in [1.54, 1.807) is 53.1 Å². The molecular formula is C26H18Cl2N8O4S2. The normalized spacial score (nSPS) is 15.9. The van der Waals surface area contributed by atoms with Crippen LogP contribution in [0.4, 0.5) is 0 Å². The average Bonchev–Trinajstić information content (AvgIpc) is 3.73. The molecule has 7 rings (SSSR count). The van der Waals surface area contributed by atoms with Gasteiger partial charge in [0.2, 0.25) is 0 Å². The molecule has 0 fully saturated rings. The predicted octanol–water partition coefficient (Wildman–Crippen LogP) is 3.85. The summed E-state index contributed by atoms with van der Waals surface area (Å²) in [4.78, 5) is 46.5. The van der Waals surface area contributed by atoms with E-state index in [4.69, 9.17) is 23.2 Å². The van der Waals surface area contributed by atoms with Crippen LogP contribution >= 0.6 is 46.7 Å². The fraction of sp³-hybridized carbons (Fsp3) is 0.115. The number of nitrogens with zero attached hydrogens (tertiary/aromatic N) is 5. The quantitative estimate of drug-likeness (QED) is 0.123. The molecule has 4 aromatic heterocycles. The molecule has 1 aliphatic rings. The Labute approximate surface area is 253 Å². The number of nitrogens with one attached hydrogen (secondary N) is 3. The van der Waals surface area contributed by atoms with Crippen molar-refractivity contribution >= 4 is 74.6 Å². The molecule has 1 unspecified atom stereocenters. The van der Waals surface area contributed by atoms with Gasteiger partial charge in [0.15, 0.2) is 27.5 Å². The highest BCUT2D eigenvalue weighted by Crippen LogP contribution is 2.40. The van der Waals surface area contributed by atoms with Crippen LogP contribution in [-0.4, -0.2) is 62.3 Å². The van der Waals surface area contributed by atoms with Crippen LogP contribution in [0.25, 0.3) is 22.1 Å². The maximum atomic E-state index is 12.0. The van der Waals surface area contributed by atoms with Crippen LogP contribution in [0, 0.1) is 0 Å². The van der Waals surface area contributed by atoms with Gasteiger partial charge in [0.1, 0.15) is 16.4 Å². The van der Waals surface area contributed by atoms with Crippen molar-refractivity contribution in [2.24, 2.45) is 0 Å². The van der Waals surface area contributed by atoms with E-state index in [0.717, 1.165) is 11.8 Å². The van der Waals surface area contributed by atoms with Gasteiger partial charge in [-0.15, -0.1) is 0 Å². The molecule has 212 valence electrons. The lowest BCUT2D eigenvalue weighted by molar-refractivity contribution is 0.0312. The number of hydrogen-bond donors (Lipinski definition) is 4. The van der Waals surface area contributed by atoms with Crippen LogP contribution in [0.15, 0.2) is 80.8 Å². The first-order valence-electron chi connectivity index (χ1n) is 12.2. The molecule has 0 bridgehead atoms. The summed E-state index contributed by atoms with van der Waals surface area (Å²) in [5, 5.41) is 26.9. The number of carbonyl (C=O) groups is 1. The van der Waals surface area contributed by atoms with Gasteiger partial charge >= 0.3 is 0 Å². The molecule has 4 N–H and O–H groups in total. The van der Waals surface area contributed by atoms with Crippen LogP contribution < -0.4 is 11.1 Å². The van der Waals surface area contributed by atoms with Gasteiger partial charge < -0.3 is 10.1 Å². The van der Waals surface area contributed by atoms with Gasteiger partial charge in [-0.2, -0.15) is 15.2 Å². The smallest absolute Gasteiger partial charge is 0.284 e. The summed E-state index contributed by atoms with van der Waals surface area (Å²) in [6.07, 6.45) is 2.83. The monoisotopic (exact) mass is 640 g/mol. The lowest BCUT2D eigenvalue weighted by Crippen LogP contribution is -2.35. The highest BCUT2D eigenvalue weighted by atomic mass is 35.5. The zero-order valence-corrected chi connectivity index (χ0v) is 24.3. The van der Waals surface area contributed by atoms with Crippen molar-refractivity contribution in [2.75, 3.05) is 11.5 Å². The lowest BCUT2D eigenvalue weighted by atomic mass is 10.0. The minimum Gasteiger partial charge on any atom is -0.366 e. The fourth-order valence-corrected chi connectivity index (χ4v) is 6.40. The standard InChI is InChI=1S/2C13H9ClN4O2S/c14-8-3-1-7(2-4-8)13(20)6-21-12-16-11(19)9-5-15-17-10(9)18(12)13;14-8-3-1-7(2-4-8)10(19)6-21-13-16-11-9(5-15-18-11)12(20)17-13/h1-5,20H,6H2,(H,15,17);1-5H,6H2,(H2,15,16,17,18,20). The van der Waals surface area contributed by atoms with Gasteiger partial charge in [0, 0.05) is 21.2 Å². The maximum absolute atomic E-state index is 12.0. The highest BCUT2D eigenvalue weighted by molar-refractivity contribution is 7.99. The Morgan fingerprint density at radius 2 is 1.64 bits per heavy atom. The van der Waals surface area contributed by atoms with Crippen molar-refractivity contribution in [3.8, 4) is 0 Å². The Bertz CT molecular complexity index is 2060. The number of aromatic nitrogens is 8. The summed E-state index contributed by atoms with van der Waals surface area (Å²) in [5.41, 5.74) is 0.188. The maximum Gasteiger partial charge on any atom is 0.284 e. The topological polar surface area (TPSA) is 175 Å². The Morgan fingerprint density at radius 1 is 0.976 bits per heavy atom. The van der Waals surface area contributed by atoms with E-state index in [1.807, 2.05) is 0 Å². The Hall–Kier alpha value is -3.95. The zero-order chi connectivity index (χ0) is 29.4. The molecule has 1 atom stereocenters. The third-order valence-corrected chi connectivity index (χ3v) is 8.80. The SMILES string of the molecule is O=C(CSc1nc2[nH]ncc2c(=O)[nH]1)c1ccc(Cl)cc1.O=c1nc2n(c3[nH]ncc13)C(O)(c1ccc(Cl)cc1)CS2. The third-order valence-electron chi connectivity index (χ3n) is 6.34.